The molecule has 2 atom stereocenters. The standard InChI is InChI=1S/C22H21F4NOS/c1-14-7-8-16(23)11-18(14)20(2,29)13-21(28,22(24,25)26)12-15-9-10-27-19-6-4-3-5-17(15)19/h3-11,28-29H,12-13H2,1-2H3. The van der Waals surface area contributed by atoms with E-state index in [1.165, 1.54) is 37.4 Å². The van der Waals surface area contributed by atoms with E-state index in [4.69, 9.17) is 0 Å². The molecule has 3 rings (SSSR count). The van der Waals surface area contributed by atoms with Crippen molar-refractivity contribution in [2.75, 3.05) is 0 Å². The maximum Gasteiger partial charge on any atom is 0.417 e. The molecule has 3 aromatic rings. The number of hydrogen-bond donors (Lipinski definition) is 2. The summed E-state index contributed by atoms with van der Waals surface area (Å²) in [5, 5.41) is 11.4. The fourth-order valence-corrected chi connectivity index (χ4v) is 4.23. The topological polar surface area (TPSA) is 33.1 Å². The number of aliphatic hydroxyl groups is 1. The van der Waals surface area contributed by atoms with Gasteiger partial charge in [0.05, 0.1) is 5.52 Å². The van der Waals surface area contributed by atoms with Crippen LogP contribution in [0.15, 0.2) is 54.7 Å². The van der Waals surface area contributed by atoms with Crippen molar-refractivity contribution in [3.63, 3.8) is 0 Å². The summed E-state index contributed by atoms with van der Waals surface area (Å²) in [5.74, 6) is -0.568. The number of thiol groups is 1. The number of aromatic nitrogens is 1. The van der Waals surface area contributed by atoms with Crippen LogP contribution in [0.1, 0.15) is 30.0 Å². The molecule has 154 valence electrons. The zero-order valence-electron chi connectivity index (χ0n) is 16.0. The number of alkyl halides is 3. The van der Waals surface area contributed by atoms with Crippen LogP contribution < -0.4 is 0 Å². The van der Waals surface area contributed by atoms with Gasteiger partial charge in [0, 0.05) is 29.2 Å². The van der Waals surface area contributed by atoms with Gasteiger partial charge >= 0.3 is 6.18 Å². The van der Waals surface area contributed by atoms with Gasteiger partial charge in [-0.25, -0.2) is 4.39 Å². The third-order valence-corrected chi connectivity index (χ3v) is 5.57. The predicted molar refractivity (Wildman–Crippen MR) is 109 cm³/mol. The molecule has 0 saturated heterocycles. The van der Waals surface area contributed by atoms with Crippen LogP contribution in [-0.2, 0) is 11.2 Å². The smallest absolute Gasteiger partial charge is 0.380 e. The maximum atomic E-state index is 14.0. The van der Waals surface area contributed by atoms with E-state index in [-0.39, 0.29) is 0 Å². The molecule has 0 aliphatic heterocycles. The first-order chi connectivity index (χ1) is 13.4. The van der Waals surface area contributed by atoms with Crippen LogP contribution in [0.5, 0.6) is 0 Å². The van der Waals surface area contributed by atoms with Gasteiger partial charge in [0.15, 0.2) is 5.60 Å². The Morgan fingerprint density at radius 1 is 1.07 bits per heavy atom. The number of aryl methyl sites for hydroxylation is 1. The lowest BCUT2D eigenvalue weighted by Gasteiger charge is -2.38. The molecule has 0 aliphatic carbocycles. The van der Waals surface area contributed by atoms with Crippen molar-refractivity contribution in [3.05, 3.63) is 77.2 Å². The van der Waals surface area contributed by atoms with E-state index < -0.39 is 35.2 Å². The minimum absolute atomic E-state index is 0.308. The number of hydrogen-bond acceptors (Lipinski definition) is 3. The molecule has 2 nitrogen and oxygen atoms in total. The quantitative estimate of drug-likeness (QED) is 0.404. The van der Waals surface area contributed by atoms with Gasteiger partial charge in [0.25, 0.3) is 0 Å². The third-order valence-electron chi connectivity index (χ3n) is 5.17. The lowest BCUT2D eigenvalue weighted by atomic mass is 9.80. The van der Waals surface area contributed by atoms with E-state index >= 15 is 0 Å². The summed E-state index contributed by atoms with van der Waals surface area (Å²) in [6.45, 7) is 3.13. The number of halogens is 4. The van der Waals surface area contributed by atoms with Crippen LogP contribution >= 0.6 is 12.6 Å². The van der Waals surface area contributed by atoms with Gasteiger partial charge in [-0.3, -0.25) is 4.98 Å². The Balaban J connectivity index is 2.04. The van der Waals surface area contributed by atoms with Gasteiger partial charge in [-0.15, -0.1) is 0 Å². The van der Waals surface area contributed by atoms with Crippen LogP contribution in [0.3, 0.4) is 0 Å². The zero-order chi connectivity index (χ0) is 21.4. The van der Waals surface area contributed by atoms with Gasteiger partial charge in [0.1, 0.15) is 5.82 Å². The summed E-state index contributed by atoms with van der Waals surface area (Å²) >= 11 is 4.42. The number of benzene rings is 2. The zero-order valence-corrected chi connectivity index (χ0v) is 16.9. The molecule has 1 aromatic heterocycles. The first-order valence-electron chi connectivity index (χ1n) is 9.04. The van der Waals surface area contributed by atoms with Crippen molar-refractivity contribution < 1.29 is 22.7 Å². The van der Waals surface area contributed by atoms with E-state index in [1.807, 2.05) is 0 Å². The highest BCUT2D eigenvalue weighted by Gasteiger charge is 2.56. The number of para-hydroxylation sites is 1. The molecule has 0 aliphatic rings. The molecule has 29 heavy (non-hydrogen) atoms. The molecule has 2 unspecified atom stereocenters. The Hall–Kier alpha value is -2.12. The summed E-state index contributed by atoms with van der Waals surface area (Å²) < 4.78 is 54.4. The molecular weight excluding hydrogens is 402 g/mol. The first kappa shape index (κ1) is 21.6. The normalized spacial score (nSPS) is 16.4. The second-order valence-corrected chi connectivity index (χ2v) is 8.59. The highest BCUT2D eigenvalue weighted by Crippen LogP contribution is 2.46. The summed E-state index contributed by atoms with van der Waals surface area (Å²) in [6, 6.07) is 12.2. The van der Waals surface area contributed by atoms with Crippen LogP contribution in [0.25, 0.3) is 10.9 Å². The molecule has 0 bridgehead atoms. The van der Waals surface area contributed by atoms with Gasteiger partial charge < -0.3 is 5.11 Å². The predicted octanol–water partition coefficient (Wildman–Crippen LogP) is 5.75. The van der Waals surface area contributed by atoms with Gasteiger partial charge in [-0.1, -0.05) is 24.3 Å². The molecule has 2 aromatic carbocycles. The fraction of sp³-hybridized carbons (Fsp3) is 0.318. The monoisotopic (exact) mass is 423 g/mol. The Labute approximate surface area is 172 Å². The third kappa shape index (κ3) is 4.41. The average molecular weight is 423 g/mol. The highest BCUT2D eigenvalue weighted by molar-refractivity contribution is 7.81. The second kappa shape index (κ2) is 7.61. The van der Waals surface area contributed by atoms with Crippen molar-refractivity contribution in [2.24, 2.45) is 0 Å². The van der Waals surface area contributed by atoms with Gasteiger partial charge in [0.2, 0.25) is 0 Å². The Kier molecular flexibility index (Phi) is 5.66. The van der Waals surface area contributed by atoms with E-state index in [1.54, 1.807) is 31.2 Å². The number of fused-ring (bicyclic) bond motifs is 1. The van der Waals surface area contributed by atoms with Gasteiger partial charge in [-0.05, 0) is 54.8 Å². The van der Waals surface area contributed by atoms with Crippen molar-refractivity contribution in [3.8, 4) is 0 Å². The molecule has 0 radical (unpaired) electrons. The van der Waals surface area contributed by atoms with E-state index in [0.29, 0.717) is 27.6 Å². The molecule has 0 saturated carbocycles. The molecule has 1 heterocycles. The summed E-state index contributed by atoms with van der Waals surface area (Å²) in [6.07, 6.45) is -4.90. The van der Waals surface area contributed by atoms with Crippen molar-refractivity contribution in [1.82, 2.24) is 4.98 Å². The Bertz CT molecular complexity index is 1030. The number of rotatable bonds is 5. The van der Waals surface area contributed by atoms with Crippen LogP contribution in [-0.4, -0.2) is 21.9 Å². The van der Waals surface area contributed by atoms with Gasteiger partial charge in [-0.2, -0.15) is 25.8 Å². The SMILES string of the molecule is Cc1ccc(F)cc1C(C)(S)CC(O)(Cc1ccnc2ccccc12)C(F)(F)F. The summed E-state index contributed by atoms with van der Waals surface area (Å²) in [7, 11) is 0. The fourth-order valence-electron chi connectivity index (χ4n) is 3.73. The molecular formula is C22H21F4NOS. The summed E-state index contributed by atoms with van der Waals surface area (Å²) in [4.78, 5) is 4.16. The minimum atomic E-state index is -4.91. The van der Waals surface area contributed by atoms with Crippen LogP contribution in [0.4, 0.5) is 17.6 Å². The molecule has 0 amide bonds. The molecule has 0 fully saturated rings. The Morgan fingerprint density at radius 3 is 2.45 bits per heavy atom. The van der Waals surface area contributed by atoms with Crippen molar-refractivity contribution >= 4 is 23.5 Å². The molecule has 1 N–H and O–H groups in total. The second-order valence-electron chi connectivity index (χ2n) is 7.60. The maximum absolute atomic E-state index is 14.0. The average Bonchev–Trinajstić information content (AvgIpc) is 2.62. The lowest BCUT2D eigenvalue weighted by molar-refractivity contribution is -0.264. The van der Waals surface area contributed by atoms with E-state index in [2.05, 4.69) is 17.6 Å². The van der Waals surface area contributed by atoms with Crippen LogP contribution in [0, 0.1) is 12.7 Å². The first-order valence-corrected chi connectivity index (χ1v) is 9.48. The molecule has 0 spiro atoms. The number of pyridine rings is 1. The van der Waals surface area contributed by atoms with Crippen LogP contribution in [0.2, 0.25) is 0 Å². The van der Waals surface area contributed by atoms with Crippen molar-refractivity contribution in [1.29, 1.82) is 0 Å². The summed E-state index contributed by atoms with van der Waals surface area (Å²) in [5.41, 5.74) is -1.28. The number of nitrogens with zero attached hydrogens (tertiary/aromatic N) is 1. The van der Waals surface area contributed by atoms with E-state index in [0.717, 1.165) is 0 Å². The Morgan fingerprint density at radius 2 is 1.76 bits per heavy atom. The molecule has 7 heteroatoms. The lowest BCUT2D eigenvalue weighted by Crippen LogP contribution is -2.50. The van der Waals surface area contributed by atoms with Crippen molar-refractivity contribution in [2.45, 2.75) is 43.2 Å². The highest BCUT2D eigenvalue weighted by atomic mass is 32.1. The largest absolute Gasteiger partial charge is 0.417 e. The minimum Gasteiger partial charge on any atom is -0.380 e. The van der Waals surface area contributed by atoms with E-state index in [9.17, 15) is 22.7 Å².